The highest BCUT2D eigenvalue weighted by Crippen LogP contribution is 2.12. The number of azo groups is 1. The van der Waals surface area contributed by atoms with Crippen LogP contribution in [0.2, 0.25) is 0 Å². The Morgan fingerprint density at radius 2 is 2.00 bits per heavy atom. The molecular formula is C13H14N2. The van der Waals surface area contributed by atoms with E-state index in [1.807, 2.05) is 55.5 Å². The number of rotatable bonds is 4. The van der Waals surface area contributed by atoms with E-state index in [1.165, 1.54) is 0 Å². The van der Waals surface area contributed by atoms with E-state index in [1.54, 1.807) is 6.08 Å². The molecule has 0 aliphatic heterocycles. The first-order valence-corrected chi connectivity index (χ1v) is 4.79. The fourth-order valence-electron chi connectivity index (χ4n) is 0.964. The van der Waals surface area contributed by atoms with Crippen molar-refractivity contribution in [2.75, 3.05) is 0 Å². The van der Waals surface area contributed by atoms with Crippen molar-refractivity contribution in [3.8, 4) is 0 Å². The summed E-state index contributed by atoms with van der Waals surface area (Å²) in [4.78, 5) is 0. The number of allylic oxidation sites excluding steroid dienone is 4. The van der Waals surface area contributed by atoms with Crippen LogP contribution >= 0.6 is 0 Å². The summed E-state index contributed by atoms with van der Waals surface area (Å²) in [5.41, 5.74) is 1.67. The van der Waals surface area contributed by atoms with Crippen LogP contribution in [-0.4, -0.2) is 0 Å². The molecule has 0 unspecified atom stereocenters. The Hall–Kier alpha value is -1.96. The summed E-state index contributed by atoms with van der Waals surface area (Å²) in [5, 5.41) is 8.20. The van der Waals surface area contributed by atoms with Gasteiger partial charge < -0.3 is 0 Å². The molecule has 0 saturated heterocycles. The highest BCUT2D eigenvalue weighted by Gasteiger charge is 1.87. The molecule has 2 nitrogen and oxygen atoms in total. The van der Waals surface area contributed by atoms with Gasteiger partial charge in [-0.1, -0.05) is 43.0 Å². The van der Waals surface area contributed by atoms with Crippen LogP contribution in [0, 0.1) is 0 Å². The lowest BCUT2D eigenvalue weighted by molar-refractivity contribution is 1.16. The number of hydrogen-bond donors (Lipinski definition) is 0. The largest absolute Gasteiger partial charge is 0.151 e. The Kier molecular flexibility index (Phi) is 4.81. The van der Waals surface area contributed by atoms with Crippen LogP contribution in [-0.2, 0) is 0 Å². The molecular weight excluding hydrogens is 184 g/mol. The van der Waals surface area contributed by atoms with Gasteiger partial charge in [-0.25, -0.2) is 0 Å². The summed E-state index contributed by atoms with van der Waals surface area (Å²) in [7, 11) is 0. The minimum atomic E-state index is 0.818. The quantitative estimate of drug-likeness (QED) is 0.505. The molecule has 0 saturated carbocycles. The molecule has 1 aromatic carbocycles. The van der Waals surface area contributed by atoms with E-state index < -0.39 is 0 Å². The molecule has 0 radical (unpaired) electrons. The average Bonchev–Trinajstić information content (AvgIpc) is 2.31. The van der Waals surface area contributed by atoms with Crippen molar-refractivity contribution in [2.45, 2.75) is 6.92 Å². The zero-order valence-electron chi connectivity index (χ0n) is 8.80. The Morgan fingerprint density at radius 1 is 1.27 bits per heavy atom. The Labute approximate surface area is 90.4 Å². The fraction of sp³-hybridized carbons (Fsp3) is 0.0769. The first-order chi connectivity index (χ1) is 7.36. The molecule has 1 rings (SSSR count). The third-order valence-corrected chi connectivity index (χ3v) is 1.74. The van der Waals surface area contributed by atoms with Crippen molar-refractivity contribution in [2.24, 2.45) is 10.2 Å². The van der Waals surface area contributed by atoms with Gasteiger partial charge in [0.15, 0.2) is 0 Å². The minimum Gasteiger partial charge on any atom is -0.151 e. The molecule has 0 atom stereocenters. The molecule has 0 amide bonds. The van der Waals surface area contributed by atoms with Gasteiger partial charge in [-0.2, -0.15) is 10.2 Å². The van der Waals surface area contributed by atoms with Gasteiger partial charge in [-0.15, -0.1) is 0 Å². The van der Waals surface area contributed by atoms with Crippen molar-refractivity contribution in [3.63, 3.8) is 0 Å². The Morgan fingerprint density at radius 3 is 2.60 bits per heavy atom. The molecule has 0 bridgehead atoms. The van der Waals surface area contributed by atoms with Gasteiger partial charge in [0.25, 0.3) is 0 Å². The molecule has 0 aliphatic rings. The van der Waals surface area contributed by atoms with Crippen LogP contribution < -0.4 is 0 Å². The SMILES string of the molecule is C=C/C=C\C(=C/C)N=Nc1ccccc1. The van der Waals surface area contributed by atoms with E-state index in [0.717, 1.165) is 11.4 Å². The van der Waals surface area contributed by atoms with Gasteiger partial charge in [0.05, 0.1) is 11.4 Å². The molecule has 76 valence electrons. The van der Waals surface area contributed by atoms with E-state index in [-0.39, 0.29) is 0 Å². The van der Waals surface area contributed by atoms with E-state index in [0.29, 0.717) is 0 Å². The molecule has 0 spiro atoms. The monoisotopic (exact) mass is 198 g/mol. The molecule has 0 aliphatic carbocycles. The molecule has 0 heterocycles. The fourth-order valence-corrected chi connectivity index (χ4v) is 0.964. The second-order valence-electron chi connectivity index (χ2n) is 2.84. The van der Waals surface area contributed by atoms with Crippen LogP contribution in [0.5, 0.6) is 0 Å². The Balaban J connectivity index is 2.72. The first kappa shape index (κ1) is 11.1. The second-order valence-corrected chi connectivity index (χ2v) is 2.84. The first-order valence-electron chi connectivity index (χ1n) is 4.79. The van der Waals surface area contributed by atoms with Crippen LogP contribution in [0.3, 0.4) is 0 Å². The average molecular weight is 198 g/mol. The van der Waals surface area contributed by atoms with Gasteiger partial charge in [0, 0.05) is 0 Å². The molecule has 1 aromatic rings. The number of nitrogens with zero attached hydrogens (tertiary/aromatic N) is 2. The zero-order chi connectivity index (χ0) is 10.9. The standard InChI is InChI=1S/C13H14N2/c1-3-5-9-12(4-2)14-15-13-10-7-6-8-11-13/h3-11H,1H2,2H3/b9-5-,12-4+,15-14?. The van der Waals surface area contributed by atoms with Crippen molar-refractivity contribution in [1.29, 1.82) is 0 Å². The minimum absolute atomic E-state index is 0.818. The number of hydrogen-bond acceptors (Lipinski definition) is 2. The predicted octanol–water partition coefficient (Wildman–Crippen LogP) is 4.42. The summed E-state index contributed by atoms with van der Waals surface area (Å²) in [6.45, 7) is 5.52. The van der Waals surface area contributed by atoms with Crippen molar-refractivity contribution in [3.05, 3.63) is 66.9 Å². The van der Waals surface area contributed by atoms with Gasteiger partial charge in [0.2, 0.25) is 0 Å². The lowest BCUT2D eigenvalue weighted by atomic mass is 10.3. The molecule has 2 heteroatoms. The van der Waals surface area contributed by atoms with Gasteiger partial charge in [-0.3, -0.25) is 0 Å². The van der Waals surface area contributed by atoms with Crippen molar-refractivity contribution >= 4 is 5.69 Å². The summed E-state index contributed by atoms with van der Waals surface area (Å²) in [6, 6.07) is 9.64. The smallest absolute Gasteiger partial charge is 0.0857 e. The van der Waals surface area contributed by atoms with Crippen molar-refractivity contribution in [1.82, 2.24) is 0 Å². The van der Waals surface area contributed by atoms with E-state index in [9.17, 15) is 0 Å². The number of benzene rings is 1. The molecule has 15 heavy (non-hydrogen) atoms. The molecule has 0 fully saturated rings. The lowest BCUT2D eigenvalue weighted by Gasteiger charge is -1.91. The van der Waals surface area contributed by atoms with Crippen molar-refractivity contribution < 1.29 is 0 Å². The summed E-state index contributed by atoms with van der Waals surface area (Å²) in [5.74, 6) is 0. The normalized spacial score (nSPS) is 12.5. The molecule has 0 N–H and O–H groups in total. The maximum atomic E-state index is 4.10. The summed E-state index contributed by atoms with van der Waals surface area (Å²) in [6.07, 6.45) is 7.30. The van der Waals surface area contributed by atoms with Crippen LogP contribution in [0.1, 0.15) is 6.92 Å². The summed E-state index contributed by atoms with van der Waals surface area (Å²) >= 11 is 0. The van der Waals surface area contributed by atoms with Crippen LogP contribution in [0.25, 0.3) is 0 Å². The van der Waals surface area contributed by atoms with E-state index >= 15 is 0 Å². The second kappa shape index (κ2) is 6.49. The van der Waals surface area contributed by atoms with E-state index in [4.69, 9.17) is 0 Å². The Bertz CT molecular complexity index is 386. The maximum absolute atomic E-state index is 4.10. The van der Waals surface area contributed by atoms with Crippen LogP contribution in [0.4, 0.5) is 5.69 Å². The topological polar surface area (TPSA) is 24.7 Å². The molecule has 0 aromatic heterocycles. The lowest BCUT2D eigenvalue weighted by Crippen LogP contribution is -1.68. The maximum Gasteiger partial charge on any atom is 0.0857 e. The highest BCUT2D eigenvalue weighted by atomic mass is 15.1. The van der Waals surface area contributed by atoms with Gasteiger partial charge >= 0.3 is 0 Å². The highest BCUT2D eigenvalue weighted by molar-refractivity contribution is 5.35. The van der Waals surface area contributed by atoms with Gasteiger partial charge in [0.1, 0.15) is 0 Å². The van der Waals surface area contributed by atoms with Gasteiger partial charge in [-0.05, 0) is 25.1 Å². The zero-order valence-corrected chi connectivity index (χ0v) is 8.80. The summed E-state index contributed by atoms with van der Waals surface area (Å²) < 4.78 is 0. The predicted molar refractivity (Wildman–Crippen MR) is 64.1 cm³/mol. The third kappa shape index (κ3) is 4.18. The van der Waals surface area contributed by atoms with Crippen LogP contribution in [0.15, 0.2) is 77.1 Å². The third-order valence-electron chi connectivity index (χ3n) is 1.74. The van der Waals surface area contributed by atoms with E-state index in [2.05, 4.69) is 16.8 Å².